The number of halogens is 2. The molecule has 0 saturated carbocycles. The van der Waals surface area contributed by atoms with E-state index in [0.717, 1.165) is 22.9 Å². The monoisotopic (exact) mass is 297 g/mol. The van der Waals surface area contributed by atoms with Crippen LogP contribution in [0, 0.1) is 11.6 Å². The quantitative estimate of drug-likeness (QED) is 0.788. The van der Waals surface area contributed by atoms with Crippen molar-refractivity contribution in [2.45, 2.75) is 6.54 Å². The highest BCUT2D eigenvalue weighted by atomic mass is 19.1. The average Bonchev–Trinajstić information content (AvgIpc) is 2.94. The van der Waals surface area contributed by atoms with Gasteiger partial charge >= 0.3 is 5.97 Å². The fourth-order valence-corrected chi connectivity index (χ4v) is 1.37. The maximum absolute atomic E-state index is 13.3. The fourth-order valence-electron chi connectivity index (χ4n) is 1.37. The zero-order valence-corrected chi connectivity index (χ0v) is 10.5. The molecule has 10 heteroatoms. The molecule has 0 aliphatic rings. The molecule has 8 nitrogen and oxygen atoms in total. The number of carbonyl (C=O) groups is 2. The van der Waals surface area contributed by atoms with Gasteiger partial charge in [0.05, 0.1) is 0 Å². The lowest BCUT2D eigenvalue weighted by Gasteiger charge is -2.08. The molecule has 0 spiro atoms. The Morgan fingerprint density at radius 3 is 2.62 bits per heavy atom. The second kappa shape index (κ2) is 6.50. The first-order valence-corrected chi connectivity index (χ1v) is 5.66. The van der Waals surface area contributed by atoms with Crippen LogP contribution < -0.4 is 5.32 Å². The lowest BCUT2D eigenvalue weighted by Crippen LogP contribution is -2.24. The number of hydrogen-bond donors (Lipinski definition) is 1. The first kappa shape index (κ1) is 14.5. The topological polar surface area (TPSA) is 99.0 Å². The van der Waals surface area contributed by atoms with Crippen molar-refractivity contribution >= 4 is 17.6 Å². The van der Waals surface area contributed by atoms with E-state index in [9.17, 15) is 18.4 Å². The average molecular weight is 297 g/mol. The Morgan fingerprint density at radius 1 is 1.29 bits per heavy atom. The van der Waals surface area contributed by atoms with E-state index in [4.69, 9.17) is 0 Å². The van der Waals surface area contributed by atoms with Gasteiger partial charge in [0.25, 0.3) is 5.91 Å². The molecule has 2 aromatic rings. The first-order chi connectivity index (χ1) is 10.1. The van der Waals surface area contributed by atoms with Crippen molar-refractivity contribution in [3.63, 3.8) is 0 Å². The number of para-hydroxylation sites is 1. The van der Waals surface area contributed by atoms with Crippen LogP contribution in [0.3, 0.4) is 0 Å². The predicted octanol–water partition coefficient (Wildman–Crippen LogP) is 0.133. The van der Waals surface area contributed by atoms with Crippen molar-refractivity contribution in [1.82, 2.24) is 20.2 Å². The Morgan fingerprint density at radius 2 is 2.00 bits per heavy atom. The summed E-state index contributed by atoms with van der Waals surface area (Å²) in [6.45, 7) is -0.969. The molecule has 2 rings (SSSR count). The highest BCUT2D eigenvalue weighted by Gasteiger charge is 2.14. The van der Waals surface area contributed by atoms with E-state index in [0.29, 0.717) is 0 Å². The number of anilines is 1. The second-order valence-electron chi connectivity index (χ2n) is 3.81. The van der Waals surface area contributed by atoms with Crippen LogP contribution in [0.4, 0.5) is 14.5 Å². The van der Waals surface area contributed by atoms with Crippen LogP contribution in [0.5, 0.6) is 0 Å². The number of rotatable bonds is 5. The van der Waals surface area contributed by atoms with Gasteiger partial charge in [-0.3, -0.25) is 9.59 Å². The van der Waals surface area contributed by atoms with Crippen molar-refractivity contribution in [3.05, 3.63) is 36.2 Å². The van der Waals surface area contributed by atoms with Gasteiger partial charge in [-0.15, -0.1) is 5.10 Å². The lowest BCUT2D eigenvalue weighted by molar-refractivity contribution is -0.148. The van der Waals surface area contributed by atoms with Crippen LogP contribution >= 0.6 is 0 Å². The van der Waals surface area contributed by atoms with Crippen LogP contribution in [0.15, 0.2) is 24.5 Å². The van der Waals surface area contributed by atoms with E-state index >= 15 is 0 Å². The number of aromatic nitrogens is 4. The summed E-state index contributed by atoms with van der Waals surface area (Å²) in [6.07, 6.45) is 1.19. The second-order valence-corrected chi connectivity index (χ2v) is 3.81. The number of tetrazole rings is 1. The van der Waals surface area contributed by atoms with E-state index in [1.54, 1.807) is 0 Å². The van der Waals surface area contributed by atoms with Gasteiger partial charge in [-0.1, -0.05) is 6.07 Å². The largest absolute Gasteiger partial charge is 0.454 e. The molecule has 1 heterocycles. The zero-order valence-electron chi connectivity index (χ0n) is 10.5. The van der Waals surface area contributed by atoms with Gasteiger partial charge < -0.3 is 10.1 Å². The molecule has 21 heavy (non-hydrogen) atoms. The molecule has 0 unspecified atom stereocenters. The number of amides is 1. The normalized spacial score (nSPS) is 10.2. The summed E-state index contributed by atoms with van der Waals surface area (Å²) in [5.41, 5.74) is -0.598. The molecule has 1 N–H and O–H groups in total. The van der Waals surface area contributed by atoms with Gasteiger partial charge in [0.2, 0.25) is 0 Å². The summed E-state index contributed by atoms with van der Waals surface area (Å²) >= 11 is 0. The number of ether oxygens (including phenoxy) is 1. The van der Waals surface area contributed by atoms with Crippen molar-refractivity contribution in [2.75, 3.05) is 11.9 Å². The molecule has 0 aliphatic carbocycles. The van der Waals surface area contributed by atoms with Crippen LogP contribution in [0.25, 0.3) is 0 Å². The summed E-state index contributed by atoms with van der Waals surface area (Å²) in [7, 11) is 0. The molecule has 0 aliphatic heterocycles. The van der Waals surface area contributed by atoms with Crippen molar-refractivity contribution in [1.29, 1.82) is 0 Å². The number of carbonyl (C=O) groups excluding carboxylic acids is 2. The summed E-state index contributed by atoms with van der Waals surface area (Å²) in [4.78, 5) is 22.8. The third kappa shape index (κ3) is 4.03. The number of nitrogens with zero attached hydrogens (tertiary/aromatic N) is 4. The van der Waals surface area contributed by atoms with Crippen LogP contribution in [0.2, 0.25) is 0 Å². The number of esters is 1. The minimum Gasteiger partial charge on any atom is -0.454 e. The van der Waals surface area contributed by atoms with E-state index < -0.39 is 35.8 Å². The molecule has 110 valence electrons. The number of hydrogen-bond acceptors (Lipinski definition) is 6. The van der Waals surface area contributed by atoms with Crippen molar-refractivity contribution in [2.24, 2.45) is 0 Å². The maximum atomic E-state index is 13.3. The zero-order chi connectivity index (χ0) is 15.2. The first-order valence-electron chi connectivity index (χ1n) is 5.66. The van der Waals surface area contributed by atoms with Gasteiger partial charge in [0, 0.05) is 0 Å². The Balaban J connectivity index is 1.83. The molecule has 1 amide bonds. The molecule has 0 saturated heterocycles. The Hall–Kier alpha value is -2.91. The van der Waals surface area contributed by atoms with Crippen LogP contribution in [0.1, 0.15) is 0 Å². The fraction of sp³-hybridized carbons (Fsp3) is 0.182. The molecule has 1 aromatic carbocycles. The minimum absolute atomic E-state index is 0.283. The molecule has 0 bridgehead atoms. The van der Waals surface area contributed by atoms with Gasteiger partial charge in [-0.25, -0.2) is 13.5 Å². The summed E-state index contributed by atoms with van der Waals surface area (Å²) in [5, 5.41) is 12.0. The molecule has 1 aromatic heterocycles. The highest BCUT2D eigenvalue weighted by molar-refractivity contribution is 5.93. The number of nitrogens with one attached hydrogen (secondary N) is 1. The molecular weight excluding hydrogens is 288 g/mol. The molecule has 0 atom stereocenters. The smallest absolute Gasteiger partial charge is 0.328 e. The Bertz CT molecular complexity index is 627. The van der Waals surface area contributed by atoms with E-state index in [1.165, 1.54) is 6.33 Å². The third-order valence-corrected chi connectivity index (χ3v) is 2.27. The SMILES string of the molecule is O=C(COC(=O)Cn1cnnn1)Nc1c(F)cccc1F. The summed E-state index contributed by atoms with van der Waals surface area (Å²) in [6, 6.07) is 3.14. The predicted molar refractivity (Wildman–Crippen MR) is 63.8 cm³/mol. The van der Waals surface area contributed by atoms with Crippen molar-refractivity contribution < 1.29 is 23.1 Å². The lowest BCUT2D eigenvalue weighted by atomic mass is 10.3. The van der Waals surface area contributed by atoms with Gasteiger partial charge in [-0.05, 0) is 22.6 Å². The van der Waals surface area contributed by atoms with Gasteiger partial charge in [0.15, 0.2) is 6.61 Å². The van der Waals surface area contributed by atoms with Gasteiger partial charge in [0.1, 0.15) is 30.2 Å². The standard InChI is InChI=1S/C11H9F2N5O3/c12-7-2-1-3-8(13)11(7)15-9(19)5-21-10(20)4-18-6-14-16-17-18/h1-3,6H,4-5H2,(H,15,19). The van der Waals surface area contributed by atoms with E-state index in [2.05, 4.69) is 20.3 Å². The Labute approximate surface area is 116 Å². The van der Waals surface area contributed by atoms with Crippen LogP contribution in [-0.2, 0) is 20.9 Å². The maximum Gasteiger partial charge on any atom is 0.328 e. The Kier molecular flexibility index (Phi) is 4.49. The van der Waals surface area contributed by atoms with E-state index in [1.807, 2.05) is 5.32 Å². The number of benzene rings is 1. The summed E-state index contributed by atoms with van der Waals surface area (Å²) in [5.74, 6) is -3.50. The molecule has 0 radical (unpaired) electrons. The van der Waals surface area contributed by atoms with Crippen LogP contribution in [-0.4, -0.2) is 38.7 Å². The molecule has 0 fully saturated rings. The summed E-state index contributed by atoms with van der Waals surface area (Å²) < 4.78 is 32.3. The third-order valence-electron chi connectivity index (χ3n) is 2.27. The van der Waals surface area contributed by atoms with E-state index in [-0.39, 0.29) is 6.54 Å². The minimum atomic E-state index is -0.927. The highest BCUT2D eigenvalue weighted by Crippen LogP contribution is 2.17. The van der Waals surface area contributed by atoms with Gasteiger partial charge in [-0.2, -0.15) is 0 Å². The molecular formula is C11H9F2N5O3. The van der Waals surface area contributed by atoms with Crippen molar-refractivity contribution in [3.8, 4) is 0 Å².